The molecule has 2 aliphatic heterocycles. The number of fused-ring (bicyclic) bond motifs is 1. The fourth-order valence-electron chi connectivity index (χ4n) is 3.71. The highest BCUT2D eigenvalue weighted by atomic mass is 16.5. The first-order valence-corrected chi connectivity index (χ1v) is 8.84. The molecule has 2 aromatic rings. The van der Waals surface area contributed by atoms with Crippen LogP contribution in [0.4, 0.5) is 0 Å². The third-order valence-electron chi connectivity index (χ3n) is 4.89. The minimum absolute atomic E-state index is 0.0272. The van der Waals surface area contributed by atoms with Crippen LogP contribution in [0.1, 0.15) is 29.8 Å². The van der Waals surface area contributed by atoms with E-state index in [1.807, 2.05) is 21.8 Å². The number of aromatic amines is 1. The second-order valence-corrected chi connectivity index (χ2v) is 6.50. The number of rotatable bonds is 6. The lowest BCUT2D eigenvalue weighted by molar-refractivity contribution is -0.0770. The van der Waals surface area contributed by atoms with Crippen LogP contribution in [0.3, 0.4) is 0 Å². The highest BCUT2D eigenvalue weighted by Gasteiger charge is 2.46. The number of likely N-dealkylation sites (tertiary alicyclic amines) is 1. The normalized spacial score (nSPS) is 25.9. The van der Waals surface area contributed by atoms with Gasteiger partial charge in [0.2, 0.25) is 0 Å². The summed E-state index contributed by atoms with van der Waals surface area (Å²) in [5, 5.41) is 10.8. The molecule has 0 aliphatic carbocycles. The third kappa shape index (κ3) is 3.45. The molecule has 1 amide bonds. The van der Waals surface area contributed by atoms with Gasteiger partial charge in [-0.2, -0.15) is 10.2 Å². The van der Waals surface area contributed by atoms with E-state index in [1.165, 1.54) is 0 Å². The van der Waals surface area contributed by atoms with Crippen LogP contribution in [0.25, 0.3) is 0 Å². The second kappa shape index (κ2) is 7.37. The van der Waals surface area contributed by atoms with Crippen LogP contribution in [-0.2, 0) is 16.0 Å². The number of aromatic nitrogens is 4. The van der Waals surface area contributed by atoms with E-state index < -0.39 is 0 Å². The summed E-state index contributed by atoms with van der Waals surface area (Å²) in [6.07, 6.45) is 8.01. The molecule has 25 heavy (non-hydrogen) atoms. The first-order chi connectivity index (χ1) is 12.3. The maximum Gasteiger partial charge on any atom is 0.272 e. The fourth-order valence-corrected chi connectivity index (χ4v) is 3.71. The van der Waals surface area contributed by atoms with E-state index in [1.54, 1.807) is 18.5 Å². The molecule has 2 fully saturated rings. The van der Waals surface area contributed by atoms with Crippen molar-refractivity contribution in [1.29, 1.82) is 0 Å². The summed E-state index contributed by atoms with van der Waals surface area (Å²) in [5.74, 6) is -0.0272. The van der Waals surface area contributed by atoms with Gasteiger partial charge in [-0.3, -0.25) is 14.6 Å². The predicted octanol–water partition coefficient (Wildman–Crippen LogP) is 1.09. The van der Waals surface area contributed by atoms with Gasteiger partial charge in [-0.1, -0.05) is 0 Å². The molecule has 1 N–H and O–H groups in total. The van der Waals surface area contributed by atoms with Gasteiger partial charge in [0.1, 0.15) is 17.9 Å². The van der Waals surface area contributed by atoms with E-state index in [2.05, 4.69) is 15.3 Å². The topological polar surface area (TPSA) is 85.3 Å². The predicted molar refractivity (Wildman–Crippen MR) is 89.0 cm³/mol. The van der Waals surface area contributed by atoms with E-state index in [0.29, 0.717) is 18.8 Å². The lowest BCUT2D eigenvalue weighted by atomic mass is 10.0. The highest BCUT2D eigenvalue weighted by molar-refractivity contribution is 5.92. The van der Waals surface area contributed by atoms with Crippen LogP contribution in [-0.4, -0.2) is 68.8 Å². The zero-order valence-corrected chi connectivity index (χ0v) is 14.1. The Morgan fingerprint density at radius 3 is 3.20 bits per heavy atom. The van der Waals surface area contributed by atoms with Gasteiger partial charge >= 0.3 is 0 Å². The summed E-state index contributed by atoms with van der Waals surface area (Å²) >= 11 is 0. The molecule has 2 aromatic heterocycles. The Bertz CT molecular complexity index is 673. The molecule has 2 aliphatic rings. The molecule has 8 nitrogen and oxygen atoms in total. The van der Waals surface area contributed by atoms with Crippen molar-refractivity contribution in [2.75, 3.05) is 19.8 Å². The summed E-state index contributed by atoms with van der Waals surface area (Å²) in [6.45, 7) is 2.75. The van der Waals surface area contributed by atoms with Crippen molar-refractivity contribution in [2.24, 2.45) is 0 Å². The van der Waals surface area contributed by atoms with Crippen LogP contribution in [0.5, 0.6) is 0 Å². The Balaban J connectivity index is 1.36. The first kappa shape index (κ1) is 16.3. The Kier molecular flexibility index (Phi) is 4.80. The van der Waals surface area contributed by atoms with Crippen LogP contribution < -0.4 is 0 Å². The Morgan fingerprint density at radius 1 is 1.44 bits per heavy atom. The van der Waals surface area contributed by atoms with Crippen molar-refractivity contribution < 1.29 is 14.3 Å². The fraction of sp³-hybridized carbons (Fsp3) is 0.588. The molecule has 2 saturated heterocycles. The van der Waals surface area contributed by atoms with Crippen molar-refractivity contribution in [3.05, 3.63) is 36.4 Å². The molecule has 4 rings (SSSR count). The zero-order chi connectivity index (χ0) is 17.1. The number of hydrogen-bond donors (Lipinski definition) is 1. The maximum absolute atomic E-state index is 12.7. The van der Waals surface area contributed by atoms with E-state index in [4.69, 9.17) is 9.47 Å². The van der Waals surface area contributed by atoms with Gasteiger partial charge in [-0.25, -0.2) is 0 Å². The van der Waals surface area contributed by atoms with Crippen molar-refractivity contribution in [3.63, 3.8) is 0 Å². The number of hydrogen-bond acceptors (Lipinski definition) is 5. The molecule has 4 heterocycles. The van der Waals surface area contributed by atoms with Crippen molar-refractivity contribution >= 4 is 5.91 Å². The number of aryl methyl sites for hydroxylation is 1. The Morgan fingerprint density at radius 2 is 2.40 bits per heavy atom. The average molecular weight is 345 g/mol. The average Bonchev–Trinajstić information content (AvgIpc) is 3.39. The largest absolute Gasteiger partial charge is 0.374 e. The minimum atomic E-state index is -0.0743. The molecule has 0 spiro atoms. The van der Waals surface area contributed by atoms with E-state index in [0.717, 1.165) is 32.4 Å². The van der Waals surface area contributed by atoms with Crippen LogP contribution in [0.15, 0.2) is 30.7 Å². The number of H-pyrrole nitrogens is 1. The second-order valence-electron chi connectivity index (χ2n) is 6.50. The van der Waals surface area contributed by atoms with E-state index in [9.17, 15) is 4.79 Å². The summed E-state index contributed by atoms with van der Waals surface area (Å²) < 4.78 is 13.9. The Labute approximate surface area is 146 Å². The van der Waals surface area contributed by atoms with Gasteiger partial charge in [0.05, 0.1) is 12.6 Å². The molecule has 0 bridgehead atoms. The number of carbonyl (C=O) groups is 1. The highest BCUT2D eigenvalue weighted by Crippen LogP contribution is 2.31. The van der Waals surface area contributed by atoms with Gasteiger partial charge in [-0.15, -0.1) is 0 Å². The van der Waals surface area contributed by atoms with Crippen molar-refractivity contribution in [2.45, 2.75) is 44.1 Å². The molecule has 134 valence electrons. The van der Waals surface area contributed by atoms with Gasteiger partial charge in [0.15, 0.2) is 0 Å². The van der Waals surface area contributed by atoms with Crippen LogP contribution >= 0.6 is 0 Å². The summed E-state index contributed by atoms with van der Waals surface area (Å²) in [7, 11) is 0. The van der Waals surface area contributed by atoms with Gasteiger partial charge in [0.25, 0.3) is 5.91 Å². The number of ether oxygens (including phenoxy) is 2. The number of nitrogens with zero attached hydrogens (tertiary/aromatic N) is 4. The van der Waals surface area contributed by atoms with E-state index >= 15 is 0 Å². The number of amides is 1. The quantitative estimate of drug-likeness (QED) is 0.792. The molecular formula is C17H23N5O3. The first-order valence-electron chi connectivity index (χ1n) is 8.84. The summed E-state index contributed by atoms with van der Waals surface area (Å²) in [6, 6.07) is 3.71. The van der Waals surface area contributed by atoms with Gasteiger partial charge < -0.3 is 14.4 Å². The molecule has 0 radical (unpaired) electrons. The molecular weight excluding hydrogens is 322 g/mol. The number of nitrogens with one attached hydrogen (secondary N) is 1. The molecule has 0 saturated carbocycles. The molecule has 0 aromatic carbocycles. The molecule has 3 atom stereocenters. The molecule has 8 heteroatoms. The standard InChI is InChI=1S/C17H23N5O3/c23-17(13-5-7-18-20-13)22-12-15(16-14(22)4-1-10-25-16)24-11-3-9-21-8-2-6-19-21/h2,5-8,14-16H,1,3-4,9-12H2,(H,18,20)/t14-,15+,16+/m1/s1. The van der Waals surface area contributed by atoms with Crippen molar-refractivity contribution in [3.8, 4) is 0 Å². The maximum atomic E-state index is 12.7. The zero-order valence-electron chi connectivity index (χ0n) is 14.1. The lowest BCUT2D eigenvalue weighted by Gasteiger charge is -2.31. The smallest absolute Gasteiger partial charge is 0.272 e. The lowest BCUT2D eigenvalue weighted by Crippen LogP contribution is -2.44. The molecule has 0 unspecified atom stereocenters. The van der Waals surface area contributed by atoms with Crippen LogP contribution in [0.2, 0.25) is 0 Å². The van der Waals surface area contributed by atoms with Crippen molar-refractivity contribution in [1.82, 2.24) is 24.9 Å². The third-order valence-corrected chi connectivity index (χ3v) is 4.89. The monoisotopic (exact) mass is 345 g/mol. The SMILES string of the molecule is O=C(c1ccn[nH]1)N1C[C@H](OCCCn2cccn2)[C@H]2OCCC[C@H]21. The van der Waals surface area contributed by atoms with Gasteiger partial charge in [-0.05, 0) is 31.4 Å². The number of carbonyl (C=O) groups excluding carboxylic acids is 1. The Hall–Kier alpha value is -2.19. The minimum Gasteiger partial charge on any atom is -0.374 e. The van der Waals surface area contributed by atoms with Crippen LogP contribution in [0, 0.1) is 0 Å². The van der Waals surface area contributed by atoms with Gasteiger partial charge in [0, 0.05) is 38.3 Å². The van der Waals surface area contributed by atoms with E-state index in [-0.39, 0.29) is 24.2 Å². The summed E-state index contributed by atoms with van der Waals surface area (Å²) in [4.78, 5) is 14.6. The summed E-state index contributed by atoms with van der Waals surface area (Å²) in [5.41, 5.74) is 0.517.